The minimum atomic E-state index is 0.128. The van der Waals surface area contributed by atoms with Crippen LogP contribution in [0, 0.1) is 17.2 Å². The van der Waals surface area contributed by atoms with Crippen molar-refractivity contribution in [2.45, 2.75) is 25.7 Å². The van der Waals surface area contributed by atoms with Crippen LogP contribution < -0.4 is 10.6 Å². The molecule has 0 radical (unpaired) electrons. The molecule has 0 amide bonds. The van der Waals surface area contributed by atoms with Gasteiger partial charge in [0.25, 0.3) is 0 Å². The van der Waals surface area contributed by atoms with Crippen LogP contribution >= 0.6 is 11.6 Å². The van der Waals surface area contributed by atoms with Crippen LogP contribution in [-0.2, 0) is 0 Å². The predicted octanol–water partition coefficient (Wildman–Crippen LogP) is 3.25. The van der Waals surface area contributed by atoms with Gasteiger partial charge in [-0.25, -0.2) is 0 Å². The molecule has 0 atom stereocenters. The Balaban J connectivity index is 1.89. The lowest BCUT2D eigenvalue weighted by atomic mass is 10.1. The molecular formula is C15H20ClN3. The largest absolute Gasteiger partial charge is 0.384 e. The topological polar surface area (TPSA) is 53.1 Å². The maximum Gasteiger partial charge on any atom is 0.124 e. The van der Waals surface area contributed by atoms with E-state index in [0.29, 0.717) is 0 Å². The molecule has 102 valence electrons. The Bertz CT molecular complexity index is 478. The number of anilines is 1. The lowest BCUT2D eigenvalue weighted by molar-refractivity contribution is 0.679. The smallest absolute Gasteiger partial charge is 0.124 e. The molecule has 3 nitrogen and oxygen atoms in total. The normalized spacial score (nSPS) is 18.4. The summed E-state index contributed by atoms with van der Waals surface area (Å²) in [5.41, 5.74) is 7.56. The number of hydrogen-bond acceptors (Lipinski definition) is 2. The summed E-state index contributed by atoms with van der Waals surface area (Å²) in [6.45, 7) is 2.16. The quantitative estimate of drug-likeness (QED) is 0.619. The van der Waals surface area contributed by atoms with Crippen LogP contribution in [0.5, 0.6) is 0 Å². The predicted molar refractivity (Wildman–Crippen MR) is 80.1 cm³/mol. The Morgan fingerprint density at radius 2 is 1.79 bits per heavy atom. The van der Waals surface area contributed by atoms with Crippen molar-refractivity contribution < 1.29 is 0 Å². The van der Waals surface area contributed by atoms with E-state index in [1.54, 1.807) is 0 Å². The monoisotopic (exact) mass is 277 g/mol. The number of nitrogens with two attached hydrogens (primary N) is 1. The summed E-state index contributed by atoms with van der Waals surface area (Å²) in [6, 6.07) is 5.64. The van der Waals surface area contributed by atoms with Gasteiger partial charge in [-0.05, 0) is 55.7 Å². The van der Waals surface area contributed by atoms with Crippen LogP contribution in [0.3, 0.4) is 0 Å². The molecule has 2 aliphatic carbocycles. The van der Waals surface area contributed by atoms with Gasteiger partial charge in [-0.3, -0.25) is 5.41 Å². The Labute approximate surface area is 119 Å². The minimum Gasteiger partial charge on any atom is -0.384 e. The standard InChI is InChI=1S/C15H20ClN3/c16-12-5-6-13(15(17)18)14(7-12)19(8-10-1-2-10)9-11-3-4-11/h5-7,10-11H,1-4,8-9H2,(H3,17,18). The summed E-state index contributed by atoms with van der Waals surface area (Å²) in [7, 11) is 0. The summed E-state index contributed by atoms with van der Waals surface area (Å²) < 4.78 is 0. The van der Waals surface area contributed by atoms with Gasteiger partial charge in [0.2, 0.25) is 0 Å². The molecule has 19 heavy (non-hydrogen) atoms. The fourth-order valence-electron chi connectivity index (χ4n) is 2.49. The molecule has 3 N–H and O–H groups in total. The number of nitrogens with one attached hydrogen (secondary N) is 1. The molecule has 1 aromatic carbocycles. The molecule has 2 aliphatic rings. The highest BCUT2D eigenvalue weighted by atomic mass is 35.5. The van der Waals surface area contributed by atoms with Crippen molar-refractivity contribution >= 4 is 23.1 Å². The van der Waals surface area contributed by atoms with Gasteiger partial charge in [-0.15, -0.1) is 0 Å². The average Bonchev–Trinajstić information content (AvgIpc) is 3.22. The second kappa shape index (κ2) is 5.04. The van der Waals surface area contributed by atoms with Gasteiger partial charge < -0.3 is 10.6 Å². The minimum absolute atomic E-state index is 0.128. The molecule has 4 heteroatoms. The zero-order chi connectivity index (χ0) is 13.4. The van der Waals surface area contributed by atoms with E-state index < -0.39 is 0 Å². The number of nitrogens with zero attached hydrogens (tertiary/aromatic N) is 1. The molecule has 3 rings (SSSR count). The Morgan fingerprint density at radius 1 is 1.21 bits per heavy atom. The van der Waals surface area contributed by atoms with Crippen LogP contribution in [0.4, 0.5) is 5.69 Å². The summed E-state index contributed by atoms with van der Waals surface area (Å²) in [5, 5.41) is 8.46. The van der Waals surface area contributed by atoms with Crippen molar-refractivity contribution in [1.82, 2.24) is 0 Å². The highest BCUT2D eigenvalue weighted by molar-refractivity contribution is 6.31. The van der Waals surface area contributed by atoms with Crippen molar-refractivity contribution in [3.05, 3.63) is 28.8 Å². The third-order valence-electron chi connectivity index (χ3n) is 3.94. The molecule has 2 fully saturated rings. The maximum atomic E-state index is 7.74. The molecule has 1 aromatic rings. The van der Waals surface area contributed by atoms with Crippen LogP contribution in [0.1, 0.15) is 31.2 Å². The highest BCUT2D eigenvalue weighted by Gasteiger charge is 2.30. The van der Waals surface area contributed by atoms with Gasteiger partial charge >= 0.3 is 0 Å². The Hall–Kier alpha value is -1.22. The van der Waals surface area contributed by atoms with Gasteiger partial charge in [0.15, 0.2) is 0 Å². The van der Waals surface area contributed by atoms with E-state index in [1.165, 1.54) is 25.7 Å². The molecule has 0 spiro atoms. The summed E-state index contributed by atoms with van der Waals surface area (Å²) in [6.07, 6.45) is 5.32. The molecule has 2 saturated carbocycles. The van der Waals surface area contributed by atoms with Gasteiger partial charge in [-0.2, -0.15) is 0 Å². The fraction of sp³-hybridized carbons (Fsp3) is 0.533. The van der Waals surface area contributed by atoms with E-state index in [-0.39, 0.29) is 5.84 Å². The van der Waals surface area contributed by atoms with Gasteiger partial charge in [-0.1, -0.05) is 11.6 Å². The van der Waals surface area contributed by atoms with E-state index in [4.69, 9.17) is 22.7 Å². The number of halogens is 1. The van der Waals surface area contributed by atoms with Crippen molar-refractivity contribution in [2.75, 3.05) is 18.0 Å². The van der Waals surface area contributed by atoms with Gasteiger partial charge in [0, 0.05) is 29.4 Å². The molecule has 0 bridgehead atoms. The number of benzene rings is 1. The molecule has 0 saturated heterocycles. The van der Waals surface area contributed by atoms with Crippen molar-refractivity contribution in [1.29, 1.82) is 5.41 Å². The van der Waals surface area contributed by atoms with Crippen LogP contribution in [-0.4, -0.2) is 18.9 Å². The zero-order valence-corrected chi connectivity index (χ0v) is 11.8. The average molecular weight is 278 g/mol. The first-order chi connectivity index (χ1) is 9.13. The van der Waals surface area contributed by atoms with E-state index >= 15 is 0 Å². The molecule has 0 unspecified atom stereocenters. The van der Waals surface area contributed by atoms with E-state index in [1.807, 2.05) is 18.2 Å². The van der Waals surface area contributed by atoms with E-state index in [2.05, 4.69) is 4.90 Å². The second-order valence-electron chi connectivity index (χ2n) is 5.87. The summed E-state index contributed by atoms with van der Waals surface area (Å²) in [5.74, 6) is 1.76. The van der Waals surface area contributed by atoms with Crippen LogP contribution in [0.2, 0.25) is 5.02 Å². The van der Waals surface area contributed by atoms with Gasteiger partial charge in [0.1, 0.15) is 5.84 Å². The van der Waals surface area contributed by atoms with Gasteiger partial charge in [0.05, 0.1) is 0 Å². The van der Waals surface area contributed by atoms with Crippen molar-refractivity contribution in [2.24, 2.45) is 17.6 Å². The number of hydrogen-bond donors (Lipinski definition) is 2. The Kier molecular flexibility index (Phi) is 3.40. The fourth-order valence-corrected chi connectivity index (χ4v) is 2.66. The third-order valence-corrected chi connectivity index (χ3v) is 4.18. The highest BCUT2D eigenvalue weighted by Crippen LogP contribution is 2.37. The first-order valence-corrected chi connectivity index (χ1v) is 7.40. The third kappa shape index (κ3) is 3.21. The SMILES string of the molecule is N=C(N)c1ccc(Cl)cc1N(CC1CC1)CC1CC1. The first-order valence-electron chi connectivity index (χ1n) is 7.02. The lowest BCUT2D eigenvalue weighted by Gasteiger charge is -2.27. The van der Waals surface area contributed by atoms with Crippen LogP contribution in [0.15, 0.2) is 18.2 Å². The molecule has 0 heterocycles. The number of nitrogen functional groups attached to an aromatic ring is 1. The molecule has 0 aliphatic heterocycles. The number of rotatable bonds is 6. The number of amidine groups is 1. The molecule has 0 aromatic heterocycles. The van der Waals surface area contributed by atoms with Crippen LogP contribution in [0.25, 0.3) is 0 Å². The van der Waals surface area contributed by atoms with Crippen molar-refractivity contribution in [3.8, 4) is 0 Å². The van der Waals surface area contributed by atoms with Crippen molar-refractivity contribution in [3.63, 3.8) is 0 Å². The lowest BCUT2D eigenvalue weighted by Crippen LogP contribution is -2.30. The summed E-state index contributed by atoms with van der Waals surface area (Å²) >= 11 is 6.13. The second-order valence-corrected chi connectivity index (χ2v) is 6.30. The molecular weight excluding hydrogens is 258 g/mol. The maximum absolute atomic E-state index is 7.74. The summed E-state index contributed by atoms with van der Waals surface area (Å²) in [4.78, 5) is 2.40. The van der Waals surface area contributed by atoms with E-state index in [0.717, 1.165) is 41.2 Å². The zero-order valence-electron chi connectivity index (χ0n) is 11.0. The van der Waals surface area contributed by atoms with E-state index in [9.17, 15) is 0 Å². The first kappa shape index (κ1) is 12.8. The Morgan fingerprint density at radius 3 is 2.26 bits per heavy atom.